The highest BCUT2D eigenvalue weighted by Crippen LogP contribution is 2.33. The lowest BCUT2D eigenvalue weighted by atomic mass is 10.2. The van der Waals surface area contributed by atoms with Crippen molar-refractivity contribution in [3.05, 3.63) is 70.0 Å². The van der Waals surface area contributed by atoms with Gasteiger partial charge in [-0.3, -0.25) is 4.98 Å². The van der Waals surface area contributed by atoms with E-state index in [1.165, 1.54) is 18.0 Å². The minimum absolute atomic E-state index is 0.118. The second-order valence-corrected chi connectivity index (χ2v) is 6.98. The monoisotopic (exact) mass is 415 g/mol. The summed E-state index contributed by atoms with van der Waals surface area (Å²) in [6.07, 6.45) is -2.24. The second kappa shape index (κ2) is 7.82. The first kappa shape index (κ1) is 18.9. The van der Waals surface area contributed by atoms with Crippen LogP contribution in [0.15, 0.2) is 53.9 Å². The molecule has 0 N–H and O–H groups in total. The van der Waals surface area contributed by atoms with Crippen LogP contribution < -0.4 is 0 Å². The molecule has 0 amide bonds. The van der Waals surface area contributed by atoms with Crippen LogP contribution in [0.25, 0.3) is 11.4 Å². The maximum atomic E-state index is 12.7. The third-order valence-corrected chi connectivity index (χ3v) is 4.80. The van der Waals surface area contributed by atoms with Gasteiger partial charge in [-0.05, 0) is 29.8 Å². The Bertz CT molecular complexity index is 918. The molecule has 3 rings (SSSR count). The van der Waals surface area contributed by atoms with Crippen molar-refractivity contribution in [3.63, 3.8) is 0 Å². The summed E-state index contributed by atoms with van der Waals surface area (Å²) in [6, 6.07) is 9.77. The first-order valence-corrected chi connectivity index (χ1v) is 9.00. The number of rotatable bonds is 4. The molecule has 3 nitrogen and oxygen atoms in total. The number of hydrogen-bond donors (Lipinski definition) is 0. The normalized spacial score (nSPS) is 11.6. The van der Waals surface area contributed by atoms with Crippen molar-refractivity contribution >= 4 is 35.0 Å². The third kappa shape index (κ3) is 4.66. The fourth-order valence-corrected chi connectivity index (χ4v) is 3.23. The molecule has 26 heavy (non-hydrogen) atoms. The number of alkyl halides is 3. The Hall–Kier alpha value is -1.83. The van der Waals surface area contributed by atoms with Crippen LogP contribution in [0.4, 0.5) is 13.2 Å². The van der Waals surface area contributed by atoms with Crippen molar-refractivity contribution in [2.45, 2.75) is 17.1 Å². The molecular formula is C17H10Cl2F3N3S. The molecule has 0 bridgehead atoms. The van der Waals surface area contributed by atoms with Crippen LogP contribution in [0.3, 0.4) is 0 Å². The molecule has 0 saturated carbocycles. The van der Waals surface area contributed by atoms with E-state index < -0.39 is 11.7 Å². The fraction of sp³-hybridized carbons (Fsp3) is 0.118. The molecule has 0 radical (unpaired) electrons. The fourth-order valence-electron chi connectivity index (χ4n) is 2.05. The van der Waals surface area contributed by atoms with Gasteiger partial charge in [0.1, 0.15) is 5.69 Å². The smallest absolute Gasteiger partial charge is 0.252 e. The van der Waals surface area contributed by atoms with E-state index in [-0.39, 0.29) is 10.7 Å². The summed E-state index contributed by atoms with van der Waals surface area (Å²) in [5.41, 5.74) is 0.671. The Morgan fingerprint density at radius 2 is 1.73 bits per heavy atom. The van der Waals surface area contributed by atoms with Gasteiger partial charge < -0.3 is 0 Å². The number of nitrogens with zero attached hydrogens (tertiary/aromatic N) is 3. The van der Waals surface area contributed by atoms with E-state index in [9.17, 15) is 13.2 Å². The van der Waals surface area contributed by atoms with E-state index in [1.807, 2.05) is 12.1 Å². The van der Waals surface area contributed by atoms with E-state index >= 15 is 0 Å². The van der Waals surface area contributed by atoms with Crippen LogP contribution in [0.2, 0.25) is 10.0 Å². The zero-order valence-electron chi connectivity index (χ0n) is 13.0. The average Bonchev–Trinajstić information content (AvgIpc) is 2.60. The summed E-state index contributed by atoms with van der Waals surface area (Å²) in [6.45, 7) is 0. The van der Waals surface area contributed by atoms with Gasteiger partial charge in [0.15, 0.2) is 5.16 Å². The summed E-state index contributed by atoms with van der Waals surface area (Å²) in [5, 5.41) is 1.00. The number of pyridine rings is 1. The van der Waals surface area contributed by atoms with Gasteiger partial charge in [0.05, 0.1) is 16.3 Å². The number of hydrogen-bond acceptors (Lipinski definition) is 4. The zero-order chi connectivity index (χ0) is 18.7. The SMILES string of the molecule is FC(F)(F)c1cnc(-c2ccnc(SCc3ccc(Cl)cc3)n2)c(Cl)c1. The predicted molar refractivity (Wildman–Crippen MR) is 96.3 cm³/mol. The Labute approximate surface area is 161 Å². The van der Waals surface area contributed by atoms with Crippen molar-refractivity contribution in [1.29, 1.82) is 0 Å². The average molecular weight is 416 g/mol. The highest BCUT2D eigenvalue weighted by atomic mass is 35.5. The van der Waals surface area contributed by atoms with Crippen molar-refractivity contribution in [1.82, 2.24) is 15.0 Å². The molecule has 0 atom stereocenters. The van der Waals surface area contributed by atoms with Gasteiger partial charge in [-0.1, -0.05) is 47.1 Å². The van der Waals surface area contributed by atoms with Gasteiger partial charge >= 0.3 is 6.18 Å². The van der Waals surface area contributed by atoms with Crippen molar-refractivity contribution in [2.24, 2.45) is 0 Å². The molecule has 2 aromatic heterocycles. The lowest BCUT2D eigenvalue weighted by molar-refractivity contribution is -0.137. The van der Waals surface area contributed by atoms with Crippen LogP contribution in [0.5, 0.6) is 0 Å². The molecule has 0 saturated heterocycles. The molecule has 0 aliphatic rings. The van der Waals surface area contributed by atoms with Crippen molar-refractivity contribution in [2.75, 3.05) is 0 Å². The van der Waals surface area contributed by atoms with Gasteiger partial charge in [-0.25, -0.2) is 9.97 Å². The Kier molecular flexibility index (Phi) is 5.70. The highest BCUT2D eigenvalue weighted by Gasteiger charge is 2.31. The van der Waals surface area contributed by atoms with Gasteiger partial charge in [0.2, 0.25) is 0 Å². The largest absolute Gasteiger partial charge is 0.417 e. The van der Waals surface area contributed by atoms with Gasteiger partial charge in [0.25, 0.3) is 0 Å². The first-order chi connectivity index (χ1) is 12.3. The minimum Gasteiger partial charge on any atom is -0.252 e. The summed E-state index contributed by atoms with van der Waals surface area (Å²) in [5.74, 6) is 0.620. The number of benzene rings is 1. The molecule has 2 heterocycles. The summed E-state index contributed by atoms with van der Waals surface area (Å²) in [7, 11) is 0. The maximum absolute atomic E-state index is 12.7. The molecule has 0 spiro atoms. The first-order valence-electron chi connectivity index (χ1n) is 7.26. The van der Waals surface area contributed by atoms with E-state index in [0.29, 0.717) is 21.6 Å². The second-order valence-electron chi connectivity index (χ2n) is 5.19. The third-order valence-electron chi connectivity index (χ3n) is 3.33. The molecular weight excluding hydrogens is 406 g/mol. The number of thioether (sulfide) groups is 1. The molecule has 0 aliphatic carbocycles. The van der Waals surface area contributed by atoms with Crippen molar-refractivity contribution < 1.29 is 13.2 Å². The molecule has 0 aliphatic heterocycles. The van der Waals surface area contributed by atoms with E-state index in [4.69, 9.17) is 23.2 Å². The predicted octanol–water partition coefficient (Wildman–Crippen LogP) is 6.16. The van der Waals surface area contributed by atoms with E-state index in [2.05, 4.69) is 15.0 Å². The van der Waals surface area contributed by atoms with Gasteiger partial charge in [-0.15, -0.1) is 0 Å². The minimum atomic E-state index is -4.50. The molecule has 1 aromatic carbocycles. The molecule has 9 heteroatoms. The quantitative estimate of drug-likeness (QED) is 0.377. The summed E-state index contributed by atoms with van der Waals surface area (Å²) >= 11 is 13.2. The summed E-state index contributed by atoms with van der Waals surface area (Å²) in [4.78, 5) is 12.3. The topological polar surface area (TPSA) is 38.7 Å². The van der Waals surface area contributed by atoms with Crippen LogP contribution >= 0.6 is 35.0 Å². The van der Waals surface area contributed by atoms with E-state index in [0.717, 1.165) is 17.8 Å². The molecule has 134 valence electrons. The molecule has 0 fully saturated rings. The van der Waals surface area contributed by atoms with Crippen LogP contribution in [-0.4, -0.2) is 15.0 Å². The zero-order valence-corrected chi connectivity index (χ0v) is 15.3. The molecule has 3 aromatic rings. The Morgan fingerprint density at radius 1 is 1.00 bits per heavy atom. The Balaban J connectivity index is 1.80. The van der Waals surface area contributed by atoms with Crippen LogP contribution in [0.1, 0.15) is 11.1 Å². The highest BCUT2D eigenvalue weighted by molar-refractivity contribution is 7.98. The standard InChI is InChI=1S/C17H10Cl2F3N3S/c18-12-3-1-10(2-4-12)9-26-16-23-6-5-14(25-16)15-13(19)7-11(8-24-15)17(20,21)22/h1-8H,9H2. The summed E-state index contributed by atoms with van der Waals surface area (Å²) < 4.78 is 38.2. The van der Waals surface area contributed by atoms with Crippen LogP contribution in [-0.2, 0) is 11.9 Å². The van der Waals surface area contributed by atoms with Crippen LogP contribution in [0, 0.1) is 0 Å². The number of halogens is 5. The van der Waals surface area contributed by atoms with Gasteiger partial charge in [0, 0.05) is 23.2 Å². The number of aromatic nitrogens is 3. The Morgan fingerprint density at radius 3 is 2.38 bits per heavy atom. The molecule has 0 unspecified atom stereocenters. The lowest BCUT2D eigenvalue weighted by Gasteiger charge is -2.09. The maximum Gasteiger partial charge on any atom is 0.417 e. The lowest BCUT2D eigenvalue weighted by Crippen LogP contribution is -2.06. The van der Waals surface area contributed by atoms with Crippen molar-refractivity contribution in [3.8, 4) is 11.4 Å². The van der Waals surface area contributed by atoms with Gasteiger partial charge in [-0.2, -0.15) is 13.2 Å². The van der Waals surface area contributed by atoms with E-state index in [1.54, 1.807) is 18.2 Å².